The number of likely N-dealkylation sites (N-methyl/N-ethyl adjacent to an activating group) is 1. The average molecular weight is 220 g/mol. The normalized spacial score (nSPS) is 14.2. The van der Waals surface area contributed by atoms with E-state index in [0.29, 0.717) is 0 Å². The molecule has 0 spiro atoms. The Morgan fingerprint density at radius 1 is 1.38 bits per heavy atom. The molecule has 0 aliphatic carbocycles. The molecule has 3 nitrogen and oxygen atoms in total. The molecule has 0 aliphatic heterocycles. The van der Waals surface area contributed by atoms with Gasteiger partial charge < -0.3 is 10.6 Å². The first kappa shape index (κ1) is 12.7. The number of hydrogen-bond acceptors (Lipinski definition) is 2. The second-order valence-electron chi connectivity index (χ2n) is 4.07. The van der Waals surface area contributed by atoms with Gasteiger partial charge in [-0.3, -0.25) is 4.79 Å². The summed E-state index contributed by atoms with van der Waals surface area (Å²) in [5.74, 6) is -0.0179. The summed E-state index contributed by atoms with van der Waals surface area (Å²) in [6.45, 7) is 3.79. The van der Waals surface area contributed by atoms with Crippen LogP contribution in [0.2, 0.25) is 0 Å². The van der Waals surface area contributed by atoms with Gasteiger partial charge >= 0.3 is 0 Å². The molecule has 0 saturated heterocycles. The van der Waals surface area contributed by atoms with Crippen LogP contribution in [-0.2, 0) is 4.79 Å². The third kappa shape index (κ3) is 2.83. The SMILES string of the molecule is CCC(c1ccccc1)N(C)C(=O)C(C)N. The van der Waals surface area contributed by atoms with Crippen LogP contribution in [0, 0.1) is 0 Å². The summed E-state index contributed by atoms with van der Waals surface area (Å²) < 4.78 is 0. The number of benzene rings is 1. The first-order chi connectivity index (χ1) is 7.57. The average Bonchev–Trinajstić information content (AvgIpc) is 2.30. The van der Waals surface area contributed by atoms with Crippen LogP contribution < -0.4 is 5.73 Å². The van der Waals surface area contributed by atoms with Crippen molar-refractivity contribution in [2.24, 2.45) is 5.73 Å². The lowest BCUT2D eigenvalue weighted by atomic mass is 10.0. The van der Waals surface area contributed by atoms with Gasteiger partial charge in [-0.25, -0.2) is 0 Å². The summed E-state index contributed by atoms with van der Waals surface area (Å²) in [6.07, 6.45) is 0.888. The van der Waals surface area contributed by atoms with E-state index in [2.05, 4.69) is 6.92 Å². The Hall–Kier alpha value is -1.35. The molecule has 1 aromatic rings. The smallest absolute Gasteiger partial charge is 0.239 e. The van der Waals surface area contributed by atoms with Gasteiger partial charge in [0.2, 0.25) is 5.91 Å². The topological polar surface area (TPSA) is 46.3 Å². The van der Waals surface area contributed by atoms with Crippen LogP contribution in [0.4, 0.5) is 0 Å². The highest BCUT2D eigenvalue weighted by Crippen LogP contribution is 2.22. The van der Waals surface area contributed by atoms with Crippen molar-refractivity contribution in [1.29, 1.82) is 0 Å². The third-order valence-corrected chi connectivity index (χ3v) is 2.78. The zero-order valence-corrected chi connectivity index (χ0v) is 10.2. The van der Waals surface area contributed by atoms with Gasteiger partial charge in [0, 0.05) is 7.05 Å². The van der Waals surface area contributed by atoms with E-state index in [4.69, 9.17) is 5.73 Å². The molecule has 1 rings (SSSR count). The van der Waals surface area contributed by atoms with E-state index in [0.717, 1.165) is 12.0 Å². The number of nitrogens with zero attached hydrogens (tertiary/aromatic N) is 1. The zero-order valence-electron chi connectivity index (χ0n) is 10.2. The second kappa shape index (κ2) is 5.66. The van der Waals surface area contributed by atoms with Gasteiger partial charge in [0.1, 0.15) is 0 Å². The van der Waals surface area contributed by atoms with Crippen LogP contribution in [0.25, 0.3) is 0 Å². The summed E-state index contributed by atoms with van der Waals surface area (Å²) in [6, 6.07) is 9.70. The highest BCUT2D eigenvalue weighted by molar-refractivity contribution is 5.81. The summed E-state index contributed by atoms with van der Waals surface area (Å²) in [5.41, 5.74) is 6.77. The zero-order chi connectivity index (χ0) is 12.1. The van der Waals surface area contributed by atoms with Gasteiger partial charge in [-0.2, -0.15) is 0 Å². The van der Waals surface area contributed by atoms with Crippen LogP contribution in [0.1, 0.15) is 31.9 Å². The lowest BCUT2D eigenvalue weighted by molar-refractivity contribution is -0.133. The molecule has 16 heavy (non-hydrogen) atoms. The minimum atomic E-state index is -0.442. The largest absolute Gasteiger partial charge is 0.337 e. The van der Waals surface area contributed by atoms with E-state index in [9.17, 15) is 4.79 Å². The van der Waals surface area contributed by atoms with Crippen molar-refractivity contribution >= 4 is 5.91 Å². The van der Waals surface area contributed by atoms with E-state index in [-0.39, 0.29) is 11.9 Å². The Kier molecular flexibility index (Phi) is 4.50. The van der Waals surface area contributed by atoms with Crippen molar-refractivity contribution < 1.29 is 4.79 Å². The van der Waals surface area contributed by atoms with Crippen molar-refractivity contribution in [3.05, 3.63) is 35.9 Å². The Morgan fingerprint density at radius 3 is 2.38 bits per heavy atom. The Bertz CT molecular complexity index is 335. The third-order valence-electron chi connectivity index (χ3n) is 2.78. The minimum Gasteiger partial charge on any atom is -0.337 e. The molecule has 0 fully saturated rings. The molecule has 0 heterocycles. The van der Waals surface area contributed by atoms with Crippen LogP contribution in [0.15, 0.2) is 30.3 Å². The van der Waals surface area contributed by atoms with Crippen LogP contribution in [-0.4, -0.2) is 23.9 Å². The van der Waals surface area contributed by atoms with E-state index in [1.165, 1.54) is 0 Å². The summed E-state index contributed by atoms with van der Waals surface area (Å²) in [7, 11) is 1.81. The Labute approximate surface area is 97.2 Å². The molecule has 1 aromatic carbocycles. The van der Waals surface area contributed by atoms with Crippen molar-refractivity contribution in [3.63, 3.8) is 0 Å². The maximum atomic E-state index is 11.8. The number of amides is 1. The fourth-order valence-electron chi connectivity index (χ4n) is 1.88. The maximum Gasteiger partial charge on any atom is 0.239 e. The number of carbonyl (C=O) groups excluding carboxylic acids is 1. The highest BCUT2D eigenvalue weighted by atomic mass is 16.2. The van der Waals surface area contributed by atoms with Gasteiger partial charge in [-0.15, -0.1) is 0 Å². The molecular formula is C13H20N2O. The molecule has 88 valence electrons. The van der Waals surface area contributed by atoms with Crippen LogP contribution in [0.3, 0.4) is 0 Å². The molecule has 0 radical (unpaired) electrons. The monoisotopic (exact) mass is 220 g/mol. The fraction of sp³-hybridized carbons (Fsp3) is 0.462. The molecule has 2 atom stereocenters. The lowest BCUT2D eigenvalue weighted by Gasteiger charge is -2.29. The van der Waals surface area contributed by atoms with Gasteiger partial charge in [0.05, 0.1) is 12.1 Å². The maximum absolute atomic E-state index is 11.8. The fourth-order valence-corrected chi connectivity index (χ4v) is 1.88. The van der Waals surface area contributed by atoms with E-state index in [1.807, 2.05) is 37.4 Å². The number of hydrogen-bond donors (Lipinski definition) is 1. The summed E-state index contributed by atoms with van der Waals surface area (Å²) in [5, 5.41) is 0. The predicted octanol–water partition coefficient (Wildman–Crippen LogP) is 1.94. The molecule has 0 bridgehead atoms. The van der Waals surface area contributed by atoms with Crippen molar-refractivity contribution in [3.8, 4) is 0 Å². The Balaban J connectivity index is 2.87. The van der Waals surface area contributed by atoms with Gasteiger partial charge in [0.15, 0.2) is 0 Å². The van der Waals surface area contributed by atoms with Crippen molar-refractivity contribution in [2.45, 2.75) is 32.4 Å². The second-order valence-corrected chi connectivity index (χ2v) is 4.07. The first-order valence-electron chi connectivity index (χ1n) is 5.65. The quantitative estimate of drug-likeness (QED) is 0.843. The van der Waals surface area contributed by atoms with E-state index in [1.54, 1.807) is 11.8 Å². The number of rotatable bonds is 4. The first-order valence-corrected chi connectivity index (χ1v) is 5.65. The van der Waals surface area contributed by atoms with Crippen molar-refractivity contribution in [2.75, 3.05) is 7.05 Å². The molecule has 1 amide bonds. The number of carbonyl (C=O) groups is 1. The molecule has 2 N–H and O–H groups in total. The highest BCUT2D eigenvalue weighted by Gasteiger charge is 2.21. The predicted molar refractivity (Wildman–Crippen MR) is 65.9 cm³/mol. The Morgan fingerprint density at radius 2 is 1.94 bits per heavy atom. The van der Waals surface area contributed by atoms with Gasteiger partial charge in [-0.05, 0) is 18.9 Å². The summed E-state index contributed by atoms with van der Waals surface area (Å²) >= 11 is 0. The summed E-state index contributed by atoms with van der Waals surface area (Å²) in [4.78, 5) is 13.6. The molecule has 0 saturated carbocycles. The van der Waals surface area contributed by atoms with E-state index < -0.39 is 6.04 Å². The van der Waals surface area contributed by atoms with Crippen LogP contribution >= 0.6 is 0 Å². The standard InChI is InChI=1S/C13H20N2O/c1-4-12(11-8-6-5-7-9-11)15(3)13(16)10(2)14/h5-10,12H,4,14H2,1-3H3. The van der Waals surface area contributed by atoms with Gasteiger partial charge in [0.25, 0.3) is 0 Å². The molecule has 3 heteroatoms. The minimum absolute atomic E-state index is 0.0179. The molecule has 2 unspecified atom stereocenters. The van der Waals surface area contributed by atoms with Crippen LogP contribution in [0.5, 0.6) is 0 Å². The molecule has 0 aliphatic rings. The number of nitrogens with two attached hydrogens (primary N) is 1. The lowest BCUT2D eigenvalue weighted by Crippen LogP contribution is -2.41. The molecule has 0 aromatic heterocycles. The van der Waals surface area contributed by atoms with E-state index >= 15 is 0 Å². The van der Waals surface area contributed by atoms with Crippen molar-refractivity contribution in [1.82, 2.24) is 4.90 Å². The van der Waals surface area contributed by atoms with Gasteiger partial charge in [-0.1, -0.05) is 37.3 Å². The molecular weight excluding hydrogens is 200 g/mol.